The van der Waals surface area contributed by atoms with Crippen LogP contribution < -0.4 is 10.1 Å². The SMILES string of the molecule is CN1C[C@@H]2C[C@]2(C#Cc2ccc([N+](=O)[O-])c3c(Nc4ccc(Oc5ccccc5)cc4)ncnc23)C1. The number of benzene rings is 3. The summed E-state index contributed by atoms with van der Waals surface area (Å²) in [7, 11) is 2.11. The van der Waals surface area contributed by atoms with Gasteiger partial charge in [-0.1, -0.05) is 30.0 Å². The first-order valence-electron chi connectivity index (χ1n) is 11.7. The Morgan fingerprint density at radius 2 is 1.86 bits per heavy atom. The molecule has 36 heavy (non-hydrogen) atoms. The molecule has 1 saturated carbocycles. The first-order valence-corrected chi connectivity index (χ1v) is 11.7. The minimum atomic E-state index is -0.410. The Morgan fingerprint density at radius 3 is 2.58 bits per heavy atom. The standard InChI is InChI=1S/C28H23N5O3/c1-32-16-20-15-28(20,17-32)14-13-19-7-12-24(33(34)35)25-26(19)29-18-30-27(25)31-21-8-10-23(11-9-21)36-22-5-3-2-4-6-22/h2-12,18,20H,15-17H2,1H3,(H,29,30,31)/t20-,28+/m0/s1. The number of likely N-dealkylation sites (tertiary alicyclic amines) is 1. The minimum Gasteiger partial charge on any atom is -0.457 e. The predicted octanol–water partition coefficient (Wildman–Crippen LogP) is 5.38. The molecule has 4 aromatic rings. The summed E-state index contributed by atoms with van der Waals surface area (Å²) < 4.78 is 5.85. The van der Waals surface area contributed by atoms with Gasteiger partial charge in [0.25, 0.3) is 5.69 Å². The molecule has 2 fully saturated rings. The van der Waals surface area contributed by atoms with E-state index in [1.165, 1.54) is 12.4 Å². The summed E-state index contributed by atoms with van der Waals surface area (Å²) in [5.74, 6) is 9.13. The molecule has 2 aliphatic rings. The Morgan fingerprint density at radius 1 is 1.08 bits per heavy atom. The van der Waals surface area contributed by atoms with Crippen LogP contribution in [0.25, 0.3) is 10.9 Å². The number of rotatable bonds is 5. The van der Waals surface area contributed by atoms with Gasteiger partial charge in [-0.2, -0.15) is 0 Å². The fraction of sp³-hybridized carbons (Fsp3) is 0.214. The number of nitrogens with zero attached hydrogens (tertiary/aromatic N) is 4. The highest BCUT2D eigenvalue weighted by atomic mass is 16.6. The lowest BCUT2D eigenvalue weighted by atomic mass is 10.0. The quantitative estimate of drug-likeness (QED) is 0.234. The number of hydrogen-bond donors (Lipinski definition) is 1. The summed E-state index contributed by atoms with van der Waals surface area (Å²) in [6.45, 7) is 2.03. The molecule has 178 valence electrons. The molecular weight excluding hydrogens is 454 g/mol. The van der Waals surface area contributed by atoms with E-state index in [2.05, 4.69) is 39.1 Å². The van der Waals surface area contributed by atoms with Gasteiger partial charge in [0.15, 0.2) is 0 Å². The van der Waals surface area contributed by atoms with Gasteiger partial charge >= 0.3 is 0 Å². The molecule has 1 aliphatic carbocycles. The molecule has 1 aromatic heterocycles. The third-order valence-electron chi connectivity index (χ3n) is 6.82. The zero-order valence-corrected chi connectivity index (χ0v) is 19.6. The number of nitrogens with one attached hydrogen (secondary N) is 1. The van der Waals surface area contributed by atoms with Crippen molar-refractivity contribution in [3.63, 3.8) is 0 Å². The van der Waals surface area contributed by atoms with Crippen LogP contribution in [0.4, 0.5) is 17.2 Å². The Kier molecular flexibility index (Phi) is 5.28. The molecular formula is C28H23N5O3. The van der Waals surface area contributed by atoms with Crippen molar-refractivity contribution in [2.45, 2.75) is 6.42 Å². The van der Waals surface area contributed by atoms with E-state index in [9.17, 15) is 10.1 Å². The van der Waals surface area contributed by atoms with Gasteiger partial charge in [0.1, 0.15) is 29.0 Å². The molecule has 0 unspecified atom stereocenters. The molecule has 0 spiro atoms. The number of piperidine rings is 1. The maximum absolute atomic E-state index is 11.9. The van der Waals surface area contributed by atoms with Crippen LogP contribution in [0.1, 0.15) is 12.0 Å². The number of para-hydroxylation sites is 1. The number of nitro groups is 1. The smallest absolute Gasteiger partial charge is 0.282 e. The molecule has 8 heteroatoms. The first-order chi connectivity index (χ1) is 17.5. The zero-order chi connectivity index (χ0) is 24.7. The number of fused-ring (bicyclic) bond motifs is 2. The monoisotopic (exact) mass is 477 g/mol. The van der Waals surface area contributed by atoms with Crippen molar-refractivity contribution < 1.29 is 9.66 Å². The average molecular weight is 478 g/mol. The predicted molar refractivity (Wildman–Crippen MR) is 137 cm³/mol. The van der Waals surface area contributed by atoms with E-state index in [-0.39, 0.29) is 11.1 Å². The Bertz CT molecular complexity index is 1530. The Balaban J connectivity index is 1.32. The van der Waals surface area contributed by atoms with Gasteiger partial charge in [-0.3, -0.25) is 10.1 Å². The van der Waals surface area contributed by atoms with Gasteiger partial charge in [0.05, 0.1) is 16.0 Å². The molecule has 1 N–H and O–H groups in total. The molecule has 3 aromatic carbocycles. The van der Waals surface area contributed by atoms with Gasteiger partial charge in [-0.05, 0) is 61.9 Å². The summed E-state index contributed by atoms with van der Waals surface area (Å²) in [6.07, 6.45) is 2.52. The molecule has 1 aliphatic heterocycles. The van der Waals surface area contributed by atoms with E-state index in [4.69, 9.17) is 4.74 Å². The number of ether oxygens (including phenoxy) is 1. The van der Waals surface area contributed by atoms with Crippen LogP contribution in [0.5, 0.6) is 11.5 Å². The van der Waals surface area contributed by atoms with E-state index >= 15 is 0 Å². The summed E-state index contributed by atoms with van der Waals surface area (Å²) in [5, 5.41) is 15.4. The Labute approximate surface area is 208 Å². The van der Waals surface area contributed by atoms with E-state index in [1.807, 2.05) is 54.6 Å². The average Bonchev–Trinajstić information content (AvgIpc) is 3.44. The lowest BCUT2D eigenvalue weighted by Gasteiger charge is -2.11. The number of nitro benzene ring substituents is 1. The molecule has 8 nitrogen and oxygen atoms in total. The Hall–Kier alpha value is -4.48. The number of aromatic nitrogens is 2. The highest BCUT2D eigenvalue weighted by Gasteiger charge is 2.58. The van der Waals surface area contributed by atoms with Gasteiger partial charge in [-0.25, -0.2) is 9.97 Å². The highest BCUT2D eigenvalue weighted by molar-refractivity contribution is 6.00. The van der Waals surface area contributed by atoms with Crippen molar-refractivity contribution >= 4 is 28.1 Å². The molecule has 1 saturated heterocycles. The van der Waals surface area contributed by atoms with E-state index < -0.39 is 4.92 Å². The summed E-state index contributed by atoms with van der Waals surface area (Å²) in [6, 6.07) is 20.0. The van der Waals surface area contributed by atoms with Crippen LogP contribution in [-0.4, -0.2) is 39.9 Å². The van der Waals surface area contributed by atoms with Gasteiger partial charge in [0.2, 0.25) is 0 Å². The van der Waals surface area contributed by atoms with Crippen LogP contribution in [0.15, 0.2) is 73.1 Å². The van der Waals surface area contributed by atoms with Crippen LogP contribution in [-0.2, 0) is 0 Å². The van der Waals surface area contributed by atoms with Crippen molar-refractivity contribution in [1.29, 1.82) is 0 Å². The lowest BCUT2D eigenvalue weighted by Crippen LogP contribution is -2.19. The maximum Gasteiger partial charge on any atom is 0.282 e. The third-order valence-corrected chi connectivity index (χ3v) is 6.82. The normalized spacial score (nSPS) is 20.3. The lowest BCUT2D eigenvalue weighted by molar-refractivity contribution is -0.383. The van der Waals surface area contributed by atoms with Crippen LogP contribution >= 0.6 is 0 Å². The van der Waals surface area contributed by atoms with Crippen molar-refractivity contribution in [3.8, 4) is 23.3 Å². The number of non-ortho nitro benzene ring substituents is 1. The molecule has 0 bridgehead atoms. The second-order valence-electron chi connectivity index (χ2n) is 9.40. The largest absolute Gasteiger partial charge is 0.457 e. The molecule has 2 heterocycles. The highest BCUT2D eigenvalue weighted by Crippen LogP contribution is 2.56. The molecule has 0 radical (unpaired) electrons. The minimum absolute atomic E-state index is 0.0422. The van der Waals surface area contributed by atoms with Crippen molar-refractivity contribution in [3.05, 3.63) is 88.7 Å². The van der Waals surface area contributed by atoms with E-state index in [0.29, 0.717) is 34.0 Å². The maximum atomic E-state index is 11.9. The zero-order valence-electron chi connectivity index (χ0n) is 19.6. The fourth-order valence-electron chi connectivity index (χ4n) is 4.99. The second-order valence-corrected chi connectivity index (χ2v) is 9.40. The summed E-state index contributed by atoms with van der Waals surface area (Å²) >= 11 is 0. The van der Waals surface area contributed by atoms with Crippen molar-refractivity contribution in [2.75, 3.05) is 25.5 Å². The second kappa shape index (κ2) is 8.63. The van der Waals surface area contributed by atoms with Crippen LogP contribution in [0.2, 0.25) is 0 Å². The third kappa shape index (κ3) is 4.10. The topological polar surface area (TPSA) is 93.4 Å². The first kappa shape index (κ1) is 22.0. The molecule has 2 atom stereocenters. The summed E-state index contributed by atoms with van der Waals surface area (Å²) in [5.41, 5.74) is 1.83. The summed E-state index contributed by atoms with van der Waals surface area (Å²) in [4.78, 5) is 22.5. The van der Waals surface area contributed by atoms with E-state index in [1.54, 1.807) is 6.07 Å². The molecule has 6 rings (SSSR count). The van der Waals surface area contributed by atoms with Gasteiger partial charge in [-0.15, -0.1) is 0 Å². The van der Waals surface area contributed by atoms with E-state index in [0.717, 1.165) is 30.9 Å². The van der Waals surface area contributed by atoms with Crippen molar-refractivity contribution in [1.82, 2.24) is 14.9 Å². The fourth-order valence-corrected chi connectivity index (χ4v) is 4.99. The van der Waals surface area contributed by atoms with Gasteiger partial charge in [0, 0.05) is 30.3 Å². The molecule has 0 amide bonds. The van der Waals surface area contributed by atoms with Crippen LogP contribution in [0, 0.1) is 33.3 Å². The van der Waals surface area contributed by atoms with Crippen LogP contribution in [0.3, 0.4) is 0 Å². The van der Waals surface area contributed by atoms with Crippen molar-refractivity contribution in [2.24, 2.45) is 11.3 Å². The number of anilines is 2. The van der Waals surface area contributed by atoms with Gasteiger partial charge < -0.3 is 15.0 Å². The number of hydrogen-bond acceptors (Lipinski definition) is 7.